The molecule has 0 saturated heterocycles. The van der Waals surface area contributed by atoms with Crippen molar-refractivity contribution >= 4 is 11.9 Å². The predicted molar refractivity (Wildman–Crippen MR) is 88.3 cm³/mol. The normalized spacial score (nSPS) is 10.7. The molecule has 122 valence electrons. The zero-order chi connectivity index (χ0) is 17.0. The predicted octanol–water partition coefficient (Wildman–Crippen LogP) is 3.00. The molecule has 0 unspecified atom stereocenters. The molecule has 2 N–H and O–H groups in total. The number of anilines is 1. The van der Waals surface area contributed by atoms with E-state index in [-0.39, 0.29) is 18.7 Å². The van der Waals surface area contributed by atoms with Gasteiger partial charge in [-0.2, -0.15) is 0 Å². The maximum atomic E-state index is 12.3. The lowest BCUT2D eigenvalue weighted by Crippen LogP contribution is -2.14. The maximum Gasteiger partial charge on any atom is 0.342 e. The number of nitrogens with two attached hydrogens (primary N) is 1. The minimum Gasteiger partial charge on any atom is -0.490 e. The molecular weight excluding hydrogens is 294 g/mol. The second kappa shape index (κ2) is 7.09. The summed E-state index contributed by atoms with van der Waals surface area (Å²) < 4.78 is 11.0. The Morgan fingerprint density at radius 2 is 1.96 bits per heavy atom. The Bertz CT molecular complexity index is 714. The first-order valence-electron chi connectivity index (χ1n) is 7.51. The third-order valence-electron chi connectivity index (χ3n) is 3.09. The van der Waals surface area contributed by atoms with Gasteiger partial charge in [0.1, 0.15) is 11.3 Å². The molecule has 0 atom stereocenters. The molecule has 23 heavy (non-hydrogen) atoms. The molecule has 0 aliphatic rings. The van der Waals surface area contributed by atoms with E-state index in [1.54, 1.807) is 13.8 Å². The van der Waals surface area contributed by atoms with E-state index in [1.165, 1.54) is 0 Å². The second-order valence-corrected chi connectivity index (χ2v) is 5.27. The highest BCUT2D eigenvalue weighted by Crippen LogP contribution is 2.33. The summed E-state index contributed by atoms with van der Waals surface area (Å²) in [6.07, 6.45) is -0.0116. The van der Waals surface area contributed by atoms with Crippen LogP contribution in [0.4, 0.5) is 5.95 Å². The highest BCUT2D eigenvalue weighted by Gasteiger charge is 2.22. The average Bonchev–Trinajstić information content (AvgIpc) is 2.46. The highest BCUT2D eigenvalue weighted by atomic mass is 16.5. The first-order valence-corrected chi connectivity index (χ1v) is 7.51. The van der Waals surface area contributed by atoms with Crippen molar-refractivity contribution in [3.8, 4) is 17.0 Å². The average molecular weight is 315 g/mol. The first kappa shape index (κ1) is 16.7. The molecule has 0 saturated carbocycles. The lowest BCUT2D eigenvalue weighted by Gasteiger charge is -2.16. The number of para-hydroxylation sites is 1. The van der Waals surface area contributed by atoms with Crippen molar-refractivity contribution in [1.82, 2.24) is 9.97 Å². The summed E-state index contributed by atoms with van der Waals surface area (Å²) in [6.45, 7) is 7.60. The fourth-order valence-electron chi connectivity index (χ4n) is 2.26. The summed E-state index contributed by atoms with van der Waals surface area (Å²) in [5, 5.41) is 0. The number of esters is 1. The molecule has 6 heteroatoms. The van der Waals surface area contributed by atoms with Gasteiger partial charge in [0.05, 0.1) is 24.1 Å². The number of nitrogen functional groups attached to an aromatic ring is 1. The van der Waals surface area contributed by atoms with Crippen LogP contribution in [0.3, 0.4) is 0 Å². The van der Waals surface area contributed by atoms with Crippen molar-refractivity contribution < 1.29 is 14.3 Å². The summed E-state index contributed by atoms with van der Waals surface area (Å²) in [4.78, 5) is 20.7. The van der Waals surface area contributed by atoms with Crippen LogP contribution in [-0.4, -0.2) is 28.6 Å². The van der Waals surface area contributed by atoms with E-state index >= 15 is 0 Å². The third-order valence-corrected chi connectivity index (χ3v) is 3.09. The number of carbonyl (C=O) groups is 1. The number of benzene rings is 1. The van der Waals surface area contributed by atoms with Crippen LogP contribution in [0.1, 0.15) is 36.8 Å². The van der Waals surface area contributed by atoms with E-state index in [2.05, 4.69) is 9.97 Å². The van der Waals surface area contributed by atoms with Crippen LogP contribution >= 0.6 is 0 Å². The SMILES string of the molecule is CCOC(=O)c1c(C)nc(N)nc1-c1ccccc1OC(C)C. The van der Waals surface area contributed by atoms with E-state index in [0.29, 0.717) is 28.3 Å². The van der Waals surface area contributed by atoms with E-state index in [9.17, 15) is 4.79 Å². The van der Waals surface area contributed by atoms with Crippen LogP contribution in [0.2, 0.25) is 0 Å². The van der Waals surface area contributed by atoms with Crippen LogP contribution in [-0.2, 0) is 4.74 Å². The van der Waals surface area contributed by atoms with Gasteiger partial charge in [-0.25, -0.2) is 14.8 Å². The van der Waals surface area contributed by atoms with Gasteiger partial charge in [-0.05, 0) is 39.8 Å². The lowest BCUT2D eigenvalue weighted by molar-refractivity contribution is 0.0525. The van der Waals surface area contributed by atoms with Gasteiger partial charge in [0.25, 0.3) is 0 Å². The van der Waals surface area contributed by atoms with Gasteiger partial charge < -0.3 is 15.2 Å². The summed E-state index contributed by atoms with van der Waals surface area (Å²) in [7, 11) is 0. The Balaban J connectivity index is 2.66. The number of aryl methyl sites for hydroxylation is 1. The second-order valence-electron chi connectivity index (χ2n) is 5.27. The fraction of sp³-hybridized carbons (Fsp3) is 0.353. The van der Waals surface area contributed by atoms with Gasteiger partial charge in [-0.3, -0.25) is 0 Å². The van der Waals surface area contributed by atoms with Gasteiger partial charge in [0.2, 0.25) is 5.95 Å². The first-order chi connectivity index (χ1) is 10.9. The molecular formula is C17H21N3O3. The van der Waals surface area contributed by atoms with Crippen molar-refractivity contribution in [2.75, 3.05) is 12.3 Å². The smallest absolute Gasteiger partial charge is 0.342 e. The minimum atomic E-state index is -0.473. The monoisotopic (exact) mass is 315 g/mol. The van der Waals surface area contributed by atoms with Crippen LogP contribution in [0.15, 0.2) is 24.3 Å². The molecule has 0 spiro atoms. The zero-order valence-corrected chi connectivity index (χ0v) is 13.8. The van der Waals surface area contributed by atoms with Crippen LogP contribution < -0.4 is 10.5 Å². The minimum absolute atomic E-state index is 0.0116. The van der Waals surface area contributed by atoms with Crippen LogP contribution in [0.25, 0.3) is 11.3 Å². The number of rotatable bonds is 5. The molecule has 0 aliphatic heterocycles. The standard InChI is InChI=1S/C17H21N3O3/c1-5-22-16(21)14-11(4)19-17(18)20-15(14)12-8-6-7-9-13(12)23-10(2)3/h6-10H,5H2,1-4H3,(H2,18,19,20). The number of aromatic nitrogens is 2. The van der Waals surface area contributed by atoms with E-state index in [4.69, 9.17) is 15.2 Å². The quantitative estimate of drug-likeness (QED) is 0.853. The summed E-state index contributed by atoms with van der Waals surface area (Å²) in [5.74, 6) is 0.259. The number of nitrogens with zero attached hydrogens (tertiary/aromatic N) is 2. The molecule has 1 aromatic carbocycles. The highest BCUT2D eigenvalue weighted by molar-refractivity contribution is 5.98. The molecule has 2 rings (SSSR count). The Morgan fingerprint density at radius 1 is 1.26 bits per heavy atom. The molecule has 0 fully saturated rings. The summed E-state index contributed by atoms with van der Waals surface area (Å²) in [5.41, 5.74) is 7.66. The molecule has 0 aliphatic carbocycles. The van der Waals surface area contributed by atoms with Gasteiger partial charge in [-0.15, -0.1) is 0 Å². The fourth-order valence-corrected chi connectivity index (χ4v) is 2.26. The van der Waals surface area contributed by atoms with Crippen molar-refractivity contribution in [2.24, 2.45) is 0 Å². The Morgan fingerprint density at radius 3 is 2.61 bits per heavy atom. The van der Waals surface area contributed by atoms with Gasteiger partial charge >= 0.3 is 5.97 Å². The van der Waals surface area contributed by atoms with Gasteiger partial charge in [-0.1, -0.05) is 12.1 Å². The number of hydrogen-bond donors (Lipinski definition) is 1. The van der Waals surface area contributed by atoms with Crippen LogP contribution in [0.5, 0.6) is 5.75 Å². The maximum absolute atomic E-state index is 12.3. The van der Waals surface area contributed by atoms with E-state index in [1.807, 2.05) is 38.1 Å². The van der Waals surface area contributed by atoms with Gasteiger partial charge in [0, 0.05) is 5.56 Å². The van der Waals surface area contributed by atoms with Gasteiger partial charge in [0.15, 0.2) is 0 Å². The van der Waals surface area contributed by atoms with Crippen molar-refractivity contribution in [3.63, 3.8) is 0 Å². The molecule has 1 aromatic heterocycles. The Labute approximate surface area is 135 Å². The molecule has 6 nitrogen and oxygen atoms in total. The van der Waals surface area contributed by atoms with Crippen LogP contribution in [0, 0.1) is 6.92 Å². The van der Waals surface area contributed by atoms with Crippen molar-refractivity contribution in [1.29, 1.82) is 0 Å². The molecule has 0 amide bonds. The topological polar surface area (TPSA) is 87.3 Å². The Kier molecular flexibility index (Phi) is 5.16. The number of carbonyl (C=O) groups excluding carboxylic acids is 1. The molecule has 2 aromatic rings. The van der Waals surface area contributed by atoms with Crippen molar-refractivity contribution in [3.05, 3.63) is 35.5 Å². The largest absolute Gasteiger partial charge is 0.490 e. The lowest BCUT2D eigenvalue weighted by atomic mass is 10.0. The molecule has 0 bridgehead atoms. The number of hydrogen-bond acceptors (Lipinski definition) is 6. The van der Waals surface area contributed by atoms with E-state index < -0.39 is 5.97 Å². The Hall–Kier alpha value is -2.63. The molecule has 1 heterocycles. The zero-order valence-electron chi connectivity index (χ0n) is 13.8. The van der Waals surface area contributed by atoms with E-state index in [0.717, 1.165) is 0 Å². The number of ether oxygens (including phenoxy) is 2. The summed E-state index contributed by atoms with van der Waals surface area (Å²) >= 11 is 0. The molecule has 0 radical (unpaired) electrons. The van der Waals surface area contributed by atoms with Crippen molar-refractivity contribution in [2.45, 2.75) is 33.8 Å². The summed E-state index contributed by atoms with van der Waals surface area (Å²) in [6, 6.07) is 7.38. The third kappa shape index (κ3) is 3.77.